The summed E-state index contributed by atoms with van der Waals surface area (Å²) < 4.78 is 5.93. The molecule has 0 aliphatic carbocycles. The molecule has 2 aromatic heterocycles. The average Bonchev–Trinajstić information content (AvgIpc) is 2.91. The Kier molecular flexibility index (Phi) is 3.52. The Morgan fingerprint density at radius 3 is 2.80 bits per heavy atom. The van der Waals surface area contributed by atoms with Gasteiger partial charge in [0.05, 0.1) is 6.04 Å². The first-order valence-corrected chi connectivity index (χ1v) is 6.81. The molecule has 0 aliphatic rings. The summed E-state index contributed by atoms with van der Waals surface area (Å²) in [6, 6.07) is 14.5. The van der Waals surface area contributed by atoms with Crippen molar-refractivity contribution in [2.45, 2.75) is 19.5 Å². The zero-order chi connectivity index (χ0) is 13.9. The number of benzene rings is 1. The summed E-state index contributed by atoms with van der Waals surface area (Å²) >= 11 is 0. The van der Waals surface area contributed by atoms with Crippen LogP contribution >= 0.6 is 0 Å². The Balaban J connectivity index is 1.79. The maximum atomic E-state index is 5.93. The van der Waals surface area contributed by atoms with E-state index in [1.54, 1.807) is 6.20 Å². The van der Waals surface area contributed by atoms with E-state index in [2.05, 4.69) is 42.1 Å². The van der Waals surface area contributed by atoms with Crippen LogP contribution in [0.5, 0.6) is 0 Å². The first-order chi connectivity index (χ1) is 9.74. The predicted molar refractivity (Wildman–Crippen MR) is 80.3 cm³/mol. The summed E-state index contributed by atoms with van der Waals surface area (Å²) in [5.74, 6) is 0.998. The van der Waals surface area contributed by atoms with Crippen molar-refractivity contribution in [3.05, 3.63) is 66.2 Å². The van der Waals surface area contributed by atoms with Gasteiger partial charge in [-0.25, -0.2) is 0 Å². The van der Waals surface area contributed by atoms with E-state index in [1.165, 1.54) is 5.56 Å². The van der Waals surface area contributed by atoms with Gasteiger partial charge < -0.3 is 4.42 Å². The average molecular weight is 266 g/mol. The number of para-hydroxylation sites is 1. The lowest BCUT2D eigenvalue weighted by Crippen LogP contribution is -2.21. The monoisotopic (exact) mass is 266 g/mol. The Morgan fingerprint density at radius 1 is 1.20 bits per heavy atom. The molecule has 1 atom stereocenters. The molecule has 0 saturated carbocycles. The van der Waals surface area contributed by atoms with E-state index in [0.29, 0.717) is 0 Å². The number of rotatable bonds is 4. The summed E-state index contributed by atoms with van der Waals surface area (Å²) in [5.41, 5.74) is 2.15. The van der Waals surface area contributed by atoms with E-state index < -0.39 is 0 Å². The third-order valence-electron chi connectivity index (χ3n) is 3.67. The van der Waals surface area contributed by atoms with Gasteiger partial charge in [0.1, 0.15) is 11.3 Å². The summed E-state index contributed by atoms with van der Waals surface area (Å²) in [6.45, 7) is 3.01. The molecule has 2 heterocycles. The third kappa shape index (κ3) is 2.58. The van der Waals surface area contributed by atoms with Gasteiger partial charge in [0.15, 0.2) is 0 Å². The van der Waals surface area contributed by atoms with Crippen molar-refractivity contribution in [3.8, 4) is 0 Å². The molecule has 0 saturated heterocycles. The number of pyridine rings is 1. The van der Waals surface area contributed by atoms with Crippen molar-refractivity contribution in [3.63, 3.8) is 0 Å². The minimum Gasteiger partial charge on any atom is -0.459 e. The summed E-state index contributed by atoms with van der Waals surface area (Å²) in [4.78, 5) is 6.41. The Labute approximate surface area is 118 Å². The van der Waals surface area contributed by atoms with Crippen molar-refractivity contribution in [2.75, 3.05) is 7.05 Å². The standard InChI is InChI=1S/C17H18N2O/c1-13(19(2)12-14-6-5-9-18-11-14)17-10-15-7-3-4-8-16(15)20-17/h3-11,13H,12H2,1-2H3. The molecule has 3 rings (SSSR count). The molecule has 0 spiro atoms. The normalized spacial score (nSPS) is 12.9. The summed E-state index contributed by atoms with van der Waals surface area (Å²) in [5, 5.41) is 1.16. The Bertz CT molecular complexity index is 657. The molecule has 0 aliphatic heterocycles. The molecule has 0 fully saturated rings. The van der Waals surface area contributed by atoms with Gasteiger partial charge in [-0.1, -0.05) is 24.3 Å². The van der Waals surface area contributed by atoms with Gasteiger partial charge in [0, 0.05) is 24.3 Å². The highest BCUT2D eigenvalue weighted by Crippen LogP contribution is 2.27. The van der Waals surface area contributed by atoms with Gasteiger partial charge in [0.2, 0.25) is 0 Å². The van der Waals surface area contributed by atoms with Crippen LogP contribution in [0.15, 0.2) is 59.3 Å². The van der Waals surface area contributed by atoms with Gasteiger partial charge in [-0.3, -0.25) is 9.88 Å². The number of hydrogen-bond acceptors (Lipinski definition) is 3. The molecule has 0 amide bonds. The molecule has 3 aromatic rings. The molecular formula is C17H18N2O. The van der Waals surface area contributed by atoms with Gasteiger partial charge in [-0.15, -0.1) is 0 Å². The quantitative estimate of drug-likeness (QED) is 0.714. The number of aromatic nitrogens is 1. The third-order valence-corrected chi connectivity index (χ3v) is 3.67. The summed E-state index contributed by atoms with van der Waals surface area (Å²) in [7, 11) is 2.10. The first kappa shape index (κ1) is 12.9. The zero-order valence-electron chi connectivity index (χ0n) is 11.8. The number of furan rings is 1. The van der Waals surface area contributed by atoms with Crippen molar-refractivity contribution >= 4 is 11.0 Å². The van der Waals surface area contributed by atoms with Gasteiger partial charge >= 0.3 is 0 Å². The van der Waals surface area contributed by atoms with Crippen LogP contribution in [-0.4, -0.2) is 16.9 Å². The fourth-order valence-corrected chi connectivity index (χ4v) is 2.34. The molecule has 0 N–H and O–H groups in total. The number of fused-ring (bicyclic) bond motifs is 1. The summed E-state index contributed by atoms with van der Waals surface area (Å²) in [6.07, 6.45) is 3.70. The van der Waals surface area contributed by atoms with E-state index in [-0.39, 0.29) is 6.04 Å². The lowest BCUT2D eigenvalue weighted by Gasteiger charge is -2.22. The van der Waals surface area contributed by atoms with E-state index in [1.807, 2.05) is 30.5 Å². The van der Waals surface area contributed by atoms with Crippen molar-refractivity contribution in [1.29, 1.82) is 0 Å². The second-order valence-corrected chi connectivity index (χ2v) is 5.14. The maximum Gasteiger partial charge on any atom is 0.134 e. The van der Waals surface area contributed by atoms with Crippen LogP contribution in [0.4, 0.5) is 0 Å². The van der Waals surface area contributed by atoms with Gasteiger partial charge in [-0.2, -0.15) is 0 Å². The minimum absolute atomic E-state index is 0.225. The zero-order valence-corrected chi connectivity index (χ0v) is 11.8. The molecule has 0 radical (unpaired) electrons. The SMILES string of the molecule is CC(c1cc2ccccc2o1)N(C)Cc1cccnc1. The molecule has 3 nitrogen and oxygen atoms in total. The molecule has 102 valence electrons. The van der Waals surface area contributed by atoms with Crippen molar-refractivity contribution in [1.82, 2.24) is 9.88 Å². The van der Waals surface area contributed by atoms with Gasteiger partial charge in [0.25, 0.3) is 0 Å². The second kappa shape index (κ2) is 5.47. The first-order valence-electron chi connectivity index (χ1n) is 6.81. The molecule has 3 heteroatoms. The van der Waals surface area contributed by atoms with Crippen LogP contribution in [0.3, 0.4) is 0 Å². The van der Waals surface area contributed by atoms with Crippen LogP contribution in [0.25, 0.3) is 11.0 Å². The van der Waals surface area contributed by atoms with Crippen LogP contribution in [-0.2, 0) is 6.54 Å². The van der Waals surface area contributed by atoms with E-state index in [4.69, 9.17) is 4.42 Å². The Morgan fingerprint density at radius 2 is 2.05 bits per heavy atom. The minimum atomic E-state index is 0.225. The van der Waals surface area contributed by atoms with E-state index in [9.17, 15) is 0 Å². The predicted octanol–water partition coefficient (Wildman–Crippen LogP) is 4.02. The van der Waals surface area contributed by atoms with Crippen LogP contribution in [0.2, 0.25) is 0 Å². The molecule has 1 unspecified atom stereocenters. The van der Waals surface area contributed by atoms with Crippen LogP contribution in [0.1, 0.15) is 24.3 Å². The largest absolute Gasteiger partial charge is 0.459 e. The molecular weight excluding hydrogens is 248 g/mol. The lowest BCUT2D eigenvalue weighted by molar-refractivity contribution is 0.226. The maximum absolute atomic E-state index is 5.93. The fraction of sp³-hybridized carbons (Fsp3) is 0.235. The molecule has 1 aromatic carbocycles. The highest BCUT2D eigenvalue weighted by Gasteiger charge is 2.16. The number of nitrogens with zero attached hydrogens (tertiary/aromatic N) is 2. The Hall–Kier alpha value is -2.13. The number of hydrogen-bond donors (Lipinski definition) is 0. The highest BCUT2D eigenvalue weighted by atomic mass is 16.3. The van der Waals surface area contributed by atoms with E-state index >= 15 is 0 Å². The smallest absolute Gasteiger partial charge is 0.134 e. The lowest BCUT2D eigenvalue weighted by atomic mass is 10.2. The van der Waals surface area contributed by atoms with Crippen LogP contribution < -0.4 is 0 Å². The van der Waals surface area contributed by atoms with Crippen LogP contribution in [0, 0.1) is 0 Å². The fourth-order valence-electron chi connectivity index (χ4n) is 2.34. The van der Waals surface area contributed by atoms with Gasteiger partial charge in [-0.05, 0) is 37.7 Å². The molecule has 20 heavy (non-hydrogen) atoms. The topological polar surface area (TPSA) is 29.3 Å². The highest BCUT2D eigenvalue weighted by molar-refractivity contribution is 5.77. The van der Waals surface area contributed by atoms with Crippen molar-refractivity contribution in [2.24, 2.45) is 0 Å². The second-order valence-electron chi connectivity index (χ2n) is 5.14. The van der Waals surface area contributed by atoms with E-state index in [0.717, 1.165) is 23.3 Å². The molecule has 0 bridgehead atoms. The van der Waals surface area contributed by atoms with Crippen molar-refractivity contribution < 1.29 is 4.42 Å².